The summed E-state index contributed by atoms with van der Waals surface area (Å²) in [4.78, 5) is 13.2. The van der Waals surface area contributed by atoms with Crippen LogP contribution in [0.15, 0.2) is 0 Å². The molecule has 0 atom stereocenters. The van der Waals surface area contributed by atoms with Gasteiger partial charge in [0.15, 0.2) is 0 Å². The number of aliphatic carboxylic acids is 1. The van der Waals surface area contributed by atoms with Crippen LogP contribution in [0.1, 0.15) is 53.4 Å². The molecule has 0 aromatic carbocycles. The van der Waals surface area contributed by atoms with Crippen molar-refractivity contribution < 1.29 is 9.90 Å². The van der Waals surface area contributed by atoms with Crippen LogP contribution in [0.25, 0.3) is 0 Å². The number of carboxylic acid groups (broad SMARTS) is 1. The van der Waals surface area contributed by atoms with E-state index in [-0.39, 0.29) is 0 Å². The first-order valence-corrected chi connectivity index (χ1v) is 7.13. The fourth-order valence-electron chi connectivity index (χ4n) is 4.33. The van der Waals surface area contributed by atoms with Crippen LogP contribution in [0.4, 0.5) is 0 Å². The Labute approximate surface area is 111 Å². The van der Waals surface area contributed by atoms with Crippen LogP contribution in [-0.2, 0) is 4.79 Å². The van der Waals surface area contributed by atoms with Gasteiger partial charge in [-0.25, -0.2) is 0 Å². The van der Waals surface area contributed by atoms with E-state index in [0.29, 0.717) is 29.2 Å². The molecule has 18 heavy (non-hydrogen) atoms. The van der Waals surface area contributed by atoms with E-state index in [9.17, 15) is 4.79 Å². The molecule has 3 heteroatoms. The van der Waals surface area contributed by atoms with E-state index in [2.05, 4.69) is 32.6 Å². The highest BCUT2D eigenvalue weighted by atomic mass is 16.4. The standard InChI is InChI=1S/C15H27NO2/c1-14(2)6-12(7-15(3,4)10-14)16-8-11(9-16)5-13(17)18/h11-12H,5-10H2,1-4H3,(H,17,18). The van der Waals surface area contributed by atoms with Gasteiger partial charge >= 0.3 is 5.97 Å². The second-order valence-corrected chi connectivity index (χ2v) is 7.99. The molecule has 0 unspecified atom stereocenters. The Morgan fingerprint density at radius 3 is 2.11 bits per heavy atom. The van der Waals surface area contributed by atoms with Crippen molar-refractivity contribution in [1.29, 1.82) is 0 Å². The maximum absolute atomic E-state index is 10.7. The molecule has 3 nitrogen and oxygen atoms in total. The maximum atomic E-state index is 10.7. The molecular formula is C15H27NO2. The van der Waals surface area contributed by atoms with Crippen molar-refractivity contribution in [3.05, 3.63) is 0 Å². The zero-order valence-corrected chi connectivity index (χ0v) is 12.2. The zero-order chi connectivity index (χ0) is 13.6. The number of hydrogen-bond donors (Lipinski definition) is 1. The van der Waals surface area contributed by atoms with Gasteiger partial charge in [-0.2, -0.15) is 0 Å². The minimum absolute atomic E-state index is 0.343. The quantitative estimate of drug-likeness (QED) is 0.840. The molecule has 0 radical (unpaired) electrons. The summed E-state index contributed by atoms with van der Waals surface area (Å²) in [5.74, 6) is -0.264. The average molecular weight is 253 g/mol. The summed E-state index contributed by atoms with van der Waals surface area (Å²) >= 11 is 0. The summed E-state index contributed by atoms with van der Waals surface area (Å²) < 4.78 is 0. The molecule has 0 aromatic heterocycles. The normalized spacial score (nSPS) is 28.9. The largest absolute Gasteiger partial charge is 0.481 e. The molecular weight excluding hydrogens is 226 g/mol. The Kier molecular flexibility index (Phi) is 3.48. The predicted octanol–water partition coefficient (Wildman–Crippen LogP) is 3.00. The van der Waals surface area contributed by atoms with Crippen LogP contribution >= 0.6 is 0 Å². The lowest BCUT2D eigenvalue weighted by atomic mass is 9.63. The second-order valence-electron chi connectivity index (χ2n) is 7.99. The molecule has 1 N–H and O–H groups in total. The highest BCUT2D eigenvalue weighted by Crippen LogP contribution is 2.48. The third kappa shape index (κ3) is 3.25. The van der Waals surface area contributed by atoms with Crippen LogP contribution in [0.5, 0.6) is 0 Å². The van der Waals surface area contributed by atoms with Crippen LogP contribution < -0.4 is 0 Å². The van der Waals surface area contributed by atoms with Crippen molar-refractivity contribution in [1.82, 2.24) is 4.90 Å². The zero-order valence-electron chi connectivity index (χ0n) is 12.2. The molecule has 2 rings (SSSR count). The topological polar surface area (TPSA) is 40.5 Å². The number of carboxylic acids is 1. The molecule has 2 aliphatic rings. The number of carbonyl (C=O) groups is 1. The minimum atomic E-state index is -0.649. The Hall–Kier alpha value is -0.570. The Morgan fingerprint density at radius 2 is 1.67 bits per heavy atom. The van der Waals surface area contributed by atoms with Crippen LogP contribution in [0, 0.1) is 16.7 Å². The molecule has 0 aromatic rings. The van der Waals surface area contributed by atoms with Gasteiger partial charge in [0.2, 0.25) is 0 Å². The molecule has 0 amide bonds. The van der Waals surface area contributed by atoms with Gasteiger partial charge < -0.3 is 5.11 Å². The first-order valence-electron chi connectivity index (χ1n) is 7.13. The molecule has 0 bridgehead atoms. The highest BCUT2D eigenvalue weighted by Gasteiger charge is 2.43. The van der Waals surface area contributed by atoms with Crippen molar-refractivity contribution >= 4 is 5.97 Å². The van der Waals surface area contributed by atoms with Gasteiger partial charge in [0.05, 0.1) is 6.42 Å². The van der Waals surface area contributed by atoms with E-state index in [0.717, 1.165) is 13.1 Å². The smallest absolute Gasteiger partial charge is 0.303 e. The van der Waals surface area contributed by atoms with Gasteiger partial charge in [-0.15, -0.1) is 0 Å². The summed E-state index contributed by atoms with van der Waals surface area (Å²) in [6.07, 6.45) is 4.16. The van der Waals surface area contributed by atoms with Gasteiger partial charge in [0.1, 0.15) is 0 Å². The second kappa shape index (κ2) is 4.52. The number of nitrogens with zero attached hydrogens (tertiary/aromatic N) is 1. The molecule has 0 spiro atoms. The maximum Gasteiger partial charge on any atom is 0.303 e. The molecule has 1 heterocycles. The van der Waals surface area contributed by atoms with Gasteiger partial charge in [-0.05, 0) is 36.0 Å². The molecule has 1 aliphatic heterocycles. The third-order valence-corrected chi connectivity index (χ3v) is 4.50. The lowest BCUT2D eigenvalue weighted by Gasteiger charge is -2.53. The summed E-state index contributed by atoms with van der Waals surface area (Å²) in [6, 6.07) is 0.661. The van der Waals surface area contributed by atoms with E-state index in [1.807, 2.05) is 0 Å². The van der Waals surface area contributed by atoms with Crippen LogP contribution in [0.2, 0.25) is 0 Å². The van der Waals surface area contributed by atoms with Gasteiger partial charge in [0, 0.05) is 19.1 Å². The van der Waals surface area contributed by atoms with E-state index in [1.165, 1.54) is 19.3 Å². The van der Waals surface area contributed by atoms with E-state index in [1.54, 1.807) is 0 Å². The molecule has 1 aliphatic carbocycles. The minimum Gasteiger partial charge on any atom is -0.481 e. The van der Waals surface area contributed by atoms with Crippen LogP contribution in [0.3, 0.4) is 0 Å². The Bertz CT molecular complexity index is 313. The van der Waals surface area contributed by atoms with E-state index < -0.39 is 5.97 Å². The third-order valence-electron chi connectivity index (χ3n) is 4.50. The summed E-state index contributed by atoms with van der Waals surface area (Å²) in [7, 11) is 0. The number of likely N-dealkylation sites (tertiary alicyclic amines) is 1. The van der Waals surface area contributed by atoms with Gasteiger partial charge in [0.25, 0.3) is 0 Å². The van der Waals surface area contributed by atoms with E-state index >= 15 is 0 Å². The lowest BCUT2D eigenvalue weighted by molar-refractivity contribution is -0.140. The number of rotatable bonds is 3. The Morgan fingerprint density at radius 1 is 1.17 bits per heavy atom. The van der Waals surface area contributed by atoms with E-state index in [4.69, 9.17) is 5.11 Å². The first-order chi connectivity index (χ1) is 8.17. The summed E-state index contributed by atoms with van der Waals surface area (Å²) in [5, 5.41) is 8.79. The van der Waals surface area contributed by atoms with Crippen molar-refractivity contribution in [3.63, 3.8) is 0 Å². The lowest BCUT2D eigenvalue weighted by Crippen LogP contribution is -2.56. The first kappa shape index (κ1) is 13.9. The highest BCUT2D eigenvalue weighted by molar-refractivity contribution is 5.67. The molecule has 1 saturated heterocycles. The SMILES string of the molecule is CC1(C)CC(N2CC(CC(=O)O)C2)CC(C)(C)C1. The van der Waals surface area contributed by atoms with Crippen molar-refractivity contribution in [3.8, 4) is 0 Å². The number of hydrogen-bond acceptors (Lipinski definition) is 2. The summed E-state index contributed by atoms with van der Waals surface area (Å²) in [6.45, 7) is 11.5. The molecule has 2 fully saturated rings. The van der Waals surface area contributed by atoms with Crippen molar-refractivity contribution in [2.24, 2.45) is 16.7 Å². The van der Waals surface area contributed by atoms with Gasteiger partial charge in [-0.3, -0.25) is 9.69 Å². The van der Waals surface area contributed by atoms with Gasteiger partial charge in [-0.1, -0.05) is 27.7 Å². The van der Waals surface area contributed by atoms with Crippen LogP contribution in [-0.4, -0.2) is 35.1 Å². The fourth-order valence-corrected chi connectivity index (χ4v) is 4.33. The fraction of sp³-hybridized carbons (Fsp3) is 0.933. The predicted molar refractivity (Wildman–Crippen MR) is 72.5 cm³/mol. The van der Waals surface area contributed by atoms with Crippen molar-refractivity contribution in [2.75, 3.05) is 13.1 Å². The monoisotopic (exact) mass is 253 g/mol. The molecule has 104 valence electrons. The molecule has 1 saturated carbocycles. The summed E-state index contributed by atoms with van der Waals surface area (Å²) in [5.41, 5.74) is 0.842. The average Bonchev–Trinajstić information content (AvgIpc) is 2.04. The Balaban J connectivity index is 1.89. The van der Waals surface area contributed by atoms with Crippen molar-refractivity contribution in [2.45, 2.75) is 59.4 Å².